The zero-order valence-electron chi connectivity index (χ0n) is 12.6. The third-order valence-electron chi connectivity index (χ3n) is 4.77. The number of carboxylic acid groups (broad SMARTS) is 1. The molecule has 1 unspecified atom stereocenters. The number of nitrogens with one attached hydrogen (secondary N) is 1. The lowest BCUT2D eigenvalue weighted by atomic mass is 9.85. The zero-order valence-corrected chi connectivity index (χ0v) is 13.4. The van der Waals surface area contributed by atoms with E-state index in [-0.39, 0.29) is 12.6 Å². The Bertz CT molecular complexity index is 460. The number of nitrogens with zero attached hydrogens (tertiary/aromatic N) is 1. The molecule has 1 heterocycles. The smallest absolute Gasteiger partial charge is 0.307 e. The first-order valence-corrected chi connectivity index (χ1v) is 9.34. The van der Waals surface area contributed by atoms with Crippen molar-refractivity contribution in [2.24, 2.45) is 11.8 Å². The molecule has 1 aliphatic heterocycles. The van der Waals surface area contributed by atoms with Gasteiger partial charge in [0.15, 0.2) is 0 Å². The summed E-state index contributed by atoms with van der Waals surface area (Å²) >= 11 is 0. The van der Waals surface area contributed by atoms with Gasteiger partial charge in [0.2, 0.25) is 0 Å². The van der Waals surface area contributed by atoms with Gasteiger partial charge in [0, 0.05) is 19.1 Å². The molecule has 0 aromatic rings. The summed E-state index contributed by atoms with van der Waals surface area (Å²) < 4.78 is 28.9. The average molecular weight is 318 g/mol. The molecule has 1 aliphatic carbocycles. The lowest BCUT2D eigenvalue weighted by molar-refractivity contribution is -0.142. The maximum Gasteiger partial charge on any atom is 0.307 e. The Morgan fingerprint density at radius 3 is 2.48 bits per heavy atom. The van der Waals surface area contributed by atoms with Crippen molar-refractivity contribution in [2.45, 2.75) is 57.9 Å². The lowest BCUT2D eigenvalue weighted by Crippen LogP contribution is -2.51. The maximum absolute atomic E-state index is 12.4. The van der Waals surface area contributed by atoms with Crippen LogP contribution in [0.4, 0.5) is 0 Å². The molecule has 0 amide bonds. The minimum absolute atomic E-state index is 0.0829. The van der Waals surface area contributed by atoms with Crippen molar-refractivity contribution in [3.05, 3.63) is 0 Å². The average Bonchev–Trinajstić information content (AvgIpc) is 2.48. The predicted molar refractivity (Wildman–Crippen MR) is 80.0 cm³/mol. The Morgan fingerprint density at radius 1 is 1.19 bits per heavy atom. The lowest BCUT2D eigenvalue weighted by Gasteiger charge is -2.33. The van der Waals surface area contributed by atoms with E-state index in [0.717, 1.165) is 12.8 Å². The molecule has 2 rings (SSSR count). The monoisotopic (exact) mass is 318 g/mol. The van der Waals surface area contributed by atoms with Crippen LogP contribution in [0.2, 0.25) is 0 Å². The van der Waals surface area contributed by atoms with E-state index in [1.54, 1.807) is 0 Å². The summed E-state index contributed by atoms with van der Waals surface area (Å²) in [7, 11) is -3.58. The van der Waals surface area contributed by atoms with Crippen molar-refractivity contribution < 1.29 is 18.3 Å². The first kappa shape index (κ1) is 16.7. The highest BCUT2D eigenvalue weighted by molar-refractivity contribution is 7.87. The standard InChI is InChI=1S/C14H26N2O4S/c1-11(12-6-3-2-4-7-12)15-21(19,20)16-9-5-8-13(10-16)14(17)18/h11-13,15H,2-10H2,1H3,(H,17,18)/t11-,13?/m0/s1. The Hall–Kier alpha value is -0.660. The van der Waals surface area contributed by atoms with Crippen LogP contribution in [0.25, 0.3) is 0 Å². The number of piperidine rings is 1. The van der Waals surface area contributed by atoms with E-state index in [1.807, 2.05) is 6.92 Å². The summed E-state index contributed by atoms with van der Waals surface area (Å²) in [5, 5.41) is 9.07. The Labute approximate surface area is 127 Å². The molecule has 2 atom stereocenters. The summed E-state index contributed by atoms with van der Waals surface area (Å²) in [4.78, 5) is 11.1. The van der Waals surface area contributed by atoms with Crippen LogP contribution < -0.4 is 4.72 Å². The Kier molecular flexibility index (Phi) is 5.62. The summed E-state index contributed by atoms with van der Waals surface area (Å²) in [5.74, 6) is -1.09. The predicted octanol–water partition coefficient (Wildman–Crippen LogP) is 1.59. The highest BCUT2D eigenvalue weighted by Gasteiger charge is 2.34. The molecule has 0 aromatic heterocycles. The minimum atomic E-state index is -3.58. The minimum Gasteiger partial charge on any atom is -0.481 e. The van der Waals surface area contributed by atoms with Gasteiger partial charge < -0.3 is 5.11 Å². The van der Waals surface area contributed by atoms with Crippen LogP contribution in [0.1, 0.15) is 51.9 Å². The topological polar surface area (TPSA) is 86.7 Å². The number of aliphatic carboxylic acids is 1. The van der Waals surface area contributed by atoms with E-state index in [1.165, 1.54) is 23.6 Å². The van der Waals surface area contributed by atoms with Gasteiger partial charge in [-0.1, -0.05) is 19.3 Å². The molecule has 0 aromatic carbocycles. The molecule has 2 N–H and O–H groups in total. The van der Waals surface area contributed by atoms with Gasteiger partial charge in [-0.3, -0.25) is 4.79 Å². The maximum atomic E-state index is 12.4. The quantitative estimate of drug-likeness (QED) is 0.806. The third kappa shape index (κ3) is 4.40. The first-order chi connectivity index (χ1) is 9.90. The van der Waals surface area contributed by atoms with Gasteiger partial charge in [-0.2, -0.15) is 17.4 Å². The van der Waals surface area contributed by atoms with Gasteiger partial charge in [-0.05, 0) is 38.5 Å². The molecule has 6 nitrogen and oxygen atoms in total. The van der Waals surface area contributed by atoms with Gasteiger partial charge in [-0.15, -0.1) is 0 Å². The fourth-order valence-electron chi connectivity index (χ4n) is 3.40. The largest absolute Gasteiger partial charge is 0.481 e. The summed E-state index contributed by atoms with van der Waals surface area (Å²) in [5.41, 5.74) is 0. The van der Waals surface area contributed by atoms with E-state index in [9.17, 15) is 13.2 Å². The molecule has 122 valence electrons. The molecule has 2 fully saturated rings. The van der Waals surface area contributed by atoms with Crippen LogP contribution in [-0.2, 0) is 15.0 Å². The van der Waals surface area contributed by atoms with E-state index >= 15 is 0 Å². The molecular weight excluding hydrogens is 292 g/mol. The van der Waals surface area contributed by atoms with Crippen LogP contribution >= 0.6 is 0 Å². The number of carboxylic acids is 1. The second kappa shape index (κ2) is 7.07. The molecule has 1 saturated heterocycles. The van der Waals surface area contributed by atoms with E-state index < -0.39 is 22.1 Å². The molecule has 2 aliphatic rings. The molecule has 0 spiro atoms. The van der Waals surface area contributed by atoms with Crippen molar-refractivity contribution >= 4 is 16.2 Å². The number of hydrogen-bond donors (Lipinski definition) is 2. The second-order valence-corrected chi connectivity index (χ2v) is 8.05. The van der Waals surface area contributed by atoms with Gasteiger partial charge in [-0.25, -0.2) is 0 Å². The van der Waals surface area contributed by atoms with E-state index in [4.69, 9.17) is 5.11 Å². The third-order valence-corrected chi connectivity index (χ3v) is 6.45. The van der Waals surface area contributed by atoms with Crippen molar-refractivity contribution in [2.75, 3.05) is 13.1 Å². The molecule has 0 radical (unpaired) electrons. The highest BCUT2D eigenvalue weighted by atomic mass is 32.2. The van der Waals surface area contributed by atoms with Crippen molar-refractivity contribution in [3.8, 4) is 0 Å². The van der Waals surface area contributed by atoms with Gasteiger partial charge in [0.1, 0.15) is 0 Å². The van der Waals surface area contributed by atoms with Crippen LogP contribution in [0, 0.1) is 11.8 Å². The fourth-order valence-corrected chi connectivity index (χ4v) is 4.96. The zero-order chi connectivity index (χ0) is 15.5. The van der Waals surface area contributed by atoms with Crippen LogP contribution in [0.15, 0.2) is 0 Å². The molecule has 1 saturated carbocycles. The SMILES string of the molecule is C[C@H](NS(=O)(=O)N1CCCC(C(=O)O)C1)C1CCCCC1. The fraction of sp³-hybridized carbons (Fsp3) is 0.929. The molecule has 0 bridgehead atoms. The molecular formula is C14H26N2O4S. The number of rotatable bonds is 5. The van der Waals surface area contributed by atoms with E-state index in [2.05, 4.69) is 4.72 Å². The van der Waals surface area contributed by atoms with Gasteiger partial charge >= 0.3 is 5.97 Å². The van der Waals surface area contributed by atoms with Crippen LogP contribution in [0.3, 0.4) is 0 Å². The summed E-state index contributed by atoms with van der Waals surface area (Å²) in [6.07, 6.45) is 6.88. The van der Waals surface area contributed by atoms with Crippen LogP contribution in [-0.4, -0.2) is 42.9 Å². The van der Waals surface area contributed by atoms with Gasteiger partial charge in [0.25, 0.3) is 10.2 Å². The van der Waals surface area contributed by atoms with Crippen molar-refractivity contribution in [1.29, 1.82) is 0 Å². The Balaban J connectivity index is 1.95. The first-order valence-electron chi connectivity index (χ1n) is 7.90. The number of carbonyl (C=O) groups is 1. The van der Waals surface area contributed by atoms with E-state index in [0.29, 0.717) is 25.3 Å². The number of hydrogen-bond acceptors (Lipinski definition) is 3. The van der Waals surface area contributed by atoms with Crippen molar-refractivity contribution in [3.63, 3.8) is 0 Å². The second-order valence-electron chi connectivity index (χ2n) is 6.35. The van der Waals surface area contributed by atoms with Gasteiger partial charge in [0.05, 0.1) is 5.92 Å². The van der Waals surface area contributed by atoms with Crippen LogP contribution in [0.5, 0.6) is 0 Å². The normalized spacial score (nSPS) is 27.4. The van der Waals surface area contributed by atoms with Crippen molar-refractivity contribution in [1.82, 2.24) is 9.03 Å². The molecule has 21 heavy (non-hydrogen) atoms. The molecule has 7 heteroatoms. The Morgan fingerprint density at radius 2 is 1.86 bits per heavy atom. The highest BCUT2D eigenvalue weighted by Crippen LogP contribution is 2.27. The summed E-state index contributed by atoms with van der Waals surface area (Å²) in [6.45, 7) is 2.42. The summed E-state index contributed by atoms with van der Waals surface area (Å²) in [6, 6.07) is -0.0829.